The van der Waals surface area contributed by atoms with Gasteiger partial charge in [0.25, 0.3) is 0 Å². The highest BCUT2D eigenvalue weighted by atomic mass is 32.2. The van der Waals surface area contributed by atoms with Gasteiger partial charge in [-0.15, -0.1) is 0 Å². The lowest BCUT2D eigenvalue weighted by Gasteiger charge is -2.53. The van der Waals surface area contributed by atoms with Crippen LogP contribution >= 0.6 is 11.8 Å². The molecule has 0 bridgehead atoms. The highest BCUT2D eigenvalue weighted by Crippen LogP contribution is 2.47. The quantitative estimate of drug-likeness (QED) is 0.635. The van der Waals surface area contributed by atoms with Crippen molar-refractivity contribution in [3.05, 3.63) is 42.6 Å². The van der Waals surface area contributed by atoms with E-state index in [1.54, 1.807) is 0 Å². The third kappa shape index (κ3) is 3.62. The maximum absolute atomic E-state index is 4.71. The number of piperidine rings is 1. The molecular formula is C23H31N3S. The van der Waals surface area contributed by atoms with Crippen LogP contribution in [0.4, 0.5) is 11.5 Å². The lowest BCUT2D eigenvalue weighted by Crippen LogP contribution is -2.58. The summed E-state index contributed by atoms with van der Waals surface area (Å²) in [5, 5.41) is 0. The molecule has 27 heavy (non-hydrogen) atoms. The van der Waals surface area contributed by atoms with E-state index in [2.05, 4.69) is 67.8 Å². The van der Waals surface area contributed by atoms with Crippen molar-refractivity contribution in [2.75, 3.05) is 18.0 Å². The first kappa shape index (κ1) is 18.8. The summed E-state index contributed by atoms with van der Waals surface area (Å²) >= 11 is 1.83. The number of benzene rings is 1. The Morgan fingerprint density at radius 2 is 1.63 bits per heavy atom. The number of rotatable bonds is 4. The number of anilines is 2. The zero-order chi connectivity index (χ0) is 19.1. The van der Waals surface area contributed by atoms with Gasteiger partial charge in [-0.2, -0.15) is 0 Å². The Kier molecular flexibility index (Phi) is 4.98. The van der Waals surface area contributed by atoms with E-state index < -0.39 is 0 Å². The van der Waals surface area contributed by atoms with E-state index >= 15 is 0 Å². The van der Waals surface area contributed by atoms with Crippen molar-refractivity contribution in [2.45, 2.75) is 74.2 Å². The Balaban J connectivity index is 1.53. The van der Waals surface area contributed by atoms with Gasteiger partial charge in [-0.1, -0.05) is 23.9 Å². The lowest BCUT2D eigenvalue weighted by molar-refractivity contribution is -0.0267. The summed E-state index contributed by atoms with van der Waals surface area (Å²) in [6, 6.07) is 12.9. The van der Waals surface area contributed by atoms with Gasteiger partial charge in [0.15, 0.2) is 0 Å². The number of para-hydroxylation sites is 1. The van der Waals surface area contributed by atoms with Gasteiger partial charge >= 0.3 is 0 Å². The highest BCUT2D eigenvalue weighted by molar-refractivity contribution is 7.99. The first-order chi connectivity index (χ1) is 12.9. The molecule has 2 aromatic rings. The number of nitrogens with zero attached hydrogens (tertiary/aromatic N) is 3. The Morgan fingerprint density at radius 3 is 2.41 bits per heavy atom. The van der Waals surface area contributed by atoms with Gasteiger partial charge < -0.3 is 4.90 Å². The van der Waals surface area contributed by atoms with Crippen molar-refractivity contribution in [3.8, 4) is 0 Å². The number of pyridine rings is 1. The molecule has 144 valence electrons. The minimum absolute atomic E-state index is 0.285. The minimum atomic E-state index is 0.285. The zero-order valence-corrected chi connectivity index (χ0v) is 17.9. The second kappa shape index (κ2) is 7.14. The molecule has 3 heterocycles. The number of fused-ring (bicyclic) bond motifs is 2. The van der Waals surface area contributed by atoms with Crippen LogP contribution in [0, 0.1) is 0 Å². The predicted octanol–water partition coefficient (Wildman–Crippen LogP) is 6.12. The number of aromatic nitrogens is 1. The number of likely N-dealkylation sites (tertiary alicyclic amines) is 1. The molecule has 0 spiro atoms. The van der Waals surface area contributed by atoms with E-state index in [4.69, 9.17) is 4.98 Å². The second-order valence-corrected chi connectivity index (χ2v) is 10.1. The Bertz CT molecular complexity index is 753. The van der Waals surface area contributed by atoms with Crippen molar-refractivity contribution >= 4 is 23.3 Å². The molecule has 4 rings (SSSR count). The summed E-state index contributed by atoms with van der Waals surface area (Å²) in [6.07, 6.45) is 6.98. The van der Waals surface area contributed by atoms with Crippen LogP contribution in [0.5, 0.6) is 0 Å². The van der Waals surface area contributed by atoms with Gasteiger partial charge in [0.2, 0.25) is 0 Å². The van der Waals surface area contributed by atoms with Crippen LogP contribution in [0.2, 0.25) is 0 Å². The van der Waals surface area contributed by atoms with Crippen LogP contribution in [-0.4, -0.2) is 34.1 Å². The SMILES string of the molecule is CC1(C)CCCC(C)(C)N1CCCN1c2ccccc2Sc2cccnc21. The molecule has 1 aromatic carbocycles. The topological polar surface area (TPSA) is 19.4 Å². The van der Waals surface area contributed by atoms with E-state index in [0.717, 1.165) is 25.3 Å². The van der Waals surface area contributed by atoms with E-state index in [1.165, 1.54) is 34.7 Å². The molecule has 2 aliphatic heterocycles. The molecule has 0 saturated carbocycles. The van der Waals surface area contributed by atoms with Gasteiger partial charge in [-0.05, 0) is 77.6 Å². The van der Waals surface area contributed by atoms with Crippen molar-refractivity contribution in [3.63, 3.8) is 0 Å². The molecule has 0 unspecified atom stereocenters. The fraction of sp³-hybridized carbons (Fsp3) is 0.522. The molecule has 0 atom stereocenters. The normalized spacial score (nSPS) is 20.8. The first-order valence-electron chi connectivity index (χ1n) is 10.2. The Hall–Kier alpha value is -1.52. The largest absolute Gasteiger partial charge is 0.324 e. The molecule has 0 N–H and O–H groups in total. The summed E-state index contributed by atoms with van der Waals surface area (Å²) < 4.78 is 0. The molecule has 4 heteroatoms. The van der Waals surface area contributed by atoms with Crippen LogP contribution < -0.4 is 4.90 Å². The fourth-order valence-electron chi connectivity index (χ4n) is 4.93. The molecule has 0 radical (unpaired) electrons. The third-order valence-electron chi connectivity index (χ3n) is 6.18. The predicted molar refractivity (Wildman–Crippen MR) is 115 cm³/mol. The monoisotopic (exact) mass is 381 g/mol. The van der Waals surface area contributed by atoms with Gasteiger partial charge in [0, 0.05) is 35.3 Å². The van der Waals surface area contributed by atoms with Crippen LogP contribution in [-0.2, 0) is 0 Å². The lowest BCUT2D eigenvalue weighted by atomic mass is 9.79. The number of hydrogen-bond acceptors (Lipinski definition) is 4. The van der Waals surface area contributed by atoms with E-state index in [0.29, 0.717) is 0 Å². The highest BCUT2D eigenvalue weighted by Gasteiger charge is 2.40. The smallest absolute Gasteiger partial charge is 0.147 e. The summed E-state index contributed by atoms with van der Waals surface area (Å²) in [6.45, 7) is 11.8. The first-order valence-corrected chi connectivity index (χ1v) is 11.0. The van der Waals surface area contributed by atoms with Gasteiger partial charge in [0.05, 0.1) is 10.6 Å². The molecular weight excluding hydrogens is 350 g/mol. The van der Waals surface area contributed by atoms with Gasteiger partial charge in [0.1, 0.15) is 5.82 Å². The van der Waals surface area contributed by atoms with Gasteiger partial charge in [-0.25, -0.2) is 4.98 Å². The average molecular weight is 382 g/mol. The molecule has 3 nitrogen and oxygen atoms in total. The maximum Gasteiger partial charge on any atom is 0.147 e. The van der Waals surface area contributed by atoms with E-state index in [-0.39, 0.29) is 11.1 Å². The minimum Gasteiger partial charge on any atom is -0.324 e. The van der Waals surface area contributed by atoms with Crippen LogP contribution in [0.25, 0.3) is 0 Å². The molecule has 0 aliphatic carbocycles. The summed E-state index contributed by atoms with van der Waals surface area (Å²) in [5.74, 6) is 1.11. The second-order valence-electron chi connectivity index (χ2n) is 9.03. The summed E-state index contributed by atoms with van der Waals surface area (Å²) in [4.78, 5) is 12.5. The van der Waals surface area contributed by atoms with Crippen molar-refractivity contribution in [2.24, 2.45) is 0 Å². The molecule has 1 saturated heterocycles. The maximum atomic E-state index is 4.71. The van der Waals surface area contributed by atoms with Crippen molar-refractivity contribution in [1.29, 1.82) is 0 Å². The van der Waals surface area contributed by atoms with Crippen molar-refractivity contribution < 1.29 is 0 Å². The fourth-order valence-corrected chi connectivity index (χ4v) is 5.99. The zero-order valence-electron chi connectivity index (χ0n) is 17.0. The molecule has 1 fully saturated rings. The molecule has 2 aliphatic rings. The van der Waals surface area contributed by atoms with E-state index in [1.807, 2.05) is 24.0 Å². The van der Waals surface area contributed by atoms with Crippen molar-refractivity contribution in [1.82, 2.24) is 9.88 Å². The van der Waals surface area contributed by atoms with Crippen LogP contribution in [0.1, 0.15) is 53.4 Å². The standard InChI is InChI=1S/C23H31N3S/c1-22(2)13-8-14-23(3,4)26(22)17-9-16-25-18-10-5-6-11-19(18)27-20-12-7-15-24-21(20)25/h5-7,10-12,15H,8-9,13-14,16-17H2,1-4H3. The average Bonchev–Trinajstić information content (AvgIpc) is 2.62. The Morgan fingerprint density at radius 1 is 0.926 bits per heavy atom. The summed E-state index contributed by atoms with van der Waals surface area (Å²) in [5.41, 5.74) is 1.87. The summed E-state index contributed by atoms with van der Waals surface area (Å²) in [7, 11) is 0. The molecule has 1 aromatic heterocycles. The van der Waals surface area contributed by atoms with Gasteiger partial charge in [-0.3, -0.25) is 4.90 Å². The van der Waals surface area contributed by atoms with E-state index in [9.17, 15) is 0 Å². The Labute approximate surface area is 168 Å². The van der Waals surface area contributed by atoms with Crippen LogP contribution in [0.15, 0.2) is 52.4 Å². The number of hydrogen-bond donors (Lipinski definition) is 0. The molecule has 0 amide bonds. The third-order valence-corrected chi connectivity index (χ3v) is 7.29. The van der Waals surface area contributed by atoms with Crippen LogP contribution in [0.3, 0.4) is 0 Å².